The summed E-state index contributed by atoms with van der Waals surface area (Å²) in [7, 11) is 1.56. The van der Waals surface area contributed by atoms with Gasteiger partial charge >= 0.3 is 0 Å². The van der Waals surface area contributed by atoms with E-state index >= 15 is 0 Å². The van der Waals surface area contributed by atoms with Gasteiger partial charge in [0.1, 0.15) is 5.75 Å². The summed E-state index contributed by atoms with van der Waals surface area (Å²) in [5, 5.41) is 2.83. The van der Waals surface area contributed by atoms with E-state index in [4.69, 9.17) is 15.2 Å². The van der Waals surface area contributed by atoms with E-state index in [1.165, 1.54) is 12.8 Å². The van der Waals surface area contributed by atoms with Crippen molar-refractivity contribution in [2.24, 2.45) is 5.73 Å². The van der Waals surface area contributed by atoms with Crippen LogP contribution in [-0.4, -0.2) is 31.8 Å². The van der Waals surface area contributed by atoms with Gasteiger partial charge in [0.2, 0.25) is 5.91 Å². The number of hydrogen-bond acceptors (Lipinski definition) is 4. The van der Waals surface area contributed by atoms with E-state index in [2.05, 4.69) is 5.32 Å². The monoisotopic (exact) mass is 292 g/mol. The summed E-state index contributed by atoms with van der Waals surface area (Å²) in [6.45, 7) is 0.331. The number of nitrogens with two attached hydrogens (primary N) is 1. The highest BCUT2D eigenvalue weighted by Crippen LogP contribution is 2.25. The third kappa shape index (κ3) is 5.02. The van der Waals surface area contributed by atoms with Gasteiger partial charge in [0.25, 0.3) is 0 Å². The van der Waals surface area contributed by atoms with Crippen LogP contribution in [0.2, 0.25) is 0 Å². The molecular weight excluding hydrogens is 268 g/mol. The van der Waals surface area contributed by atoms with Crippen LogP contribution in [0.4, 0.5) is 5.69 Å². The molecule has 0 aliphatic heterocycles. The number of carbonyl (C=O) groups excluding carboxylic acids is 1. The third-order valence-corrected chi connectivity index (χ3v) is 3.75. The average molecular weight is 292 g/mol. The molecule has 1 fully saturated rings. The molecule has 0 saturated heterocycles. The van der Waals surface area contributed by atoms with Crippen LogP contribution >= 0.6 is 0 Å². The van der Waals surface area contributed by atoms with Gasteiger partial charge in [-0.15, -0.1) is 0 Å². The van der Waals surface area contributed by atoms with Crippen molar-refractivity contribution in [1.29, 1.82) is 0 Å². The summed E-state index contributed by atoms with van der Waals surface area (Å²) in [6, 6.07) is 7.49. The molecule has 1 atom stereocenters. The van der Waals surface area contributed by atoms with Crippen molar-refractivity contribution in [1.82, 2.24) is 0 Å². The van der Waals surface area contributed by atoms with E-state index in [-0.39, 0.29) is 18.4 Å². The van der Waals surface area contributed by atoms with Crippen LogP contribution in [0.1, 0.15) is 32.1 Å². The maximum absolute atomic E-state index is 11.8. The molecule has 1 aliphatic rings. The first-order valence-electron chi connectivity index (χ1n) is 7.50. The van der Waals surface area contributed by atoms with Crippen LogP contribution < -0.4 is 15.8 Å². The molecule has 0 bridgehead atoms. The van der Waals surface area contributed by atoms with Gasteiger partial charge in [0, 0.05) is 19.3 Å². The first kappa shape index (κ1) is 15.8. The number of rotatable bonds is 7. The SMILES string of the molecule is COC(CN)CC(=O)Nc1ccc(OC2CCCC2)cc1. The lowest BCUT2D eigenvalue weighted by atomic mass is 10.2. The maximum atomic E-state index is 11.8. The zero-order valence-corrected chi connectivity index (χ0v) is 12.5. The normalized spacial score (nSPS) is 16.7. The Morgan fingerprint density at radius 2 is 2.00 bits per heavy atom. The van der Waals surface area contributed by atoms with Gasteiger partial charge in [-0.2, -0.15) is 0 Å². The minimum atomic E-state index is -0.241. The molecule has 1 amide bonds. The number of ether oxygens (including phenoxy) is 2. The van der Waals surface area contributed by atoms with Gasteiger partial charge in [-0.3, -0.25) is 4.79 Å². The summed E-state index contributed by atoms with van der Waals surface area (Å²) in [4.78, 5) is 11.8. The molecule has 3 N–H and O–H groups in total. The molecule has 5 heteroatoms. The molecule has 1 aliphatic carbocycles. The number of anilines is 1. The van der Waals surface area contributed by atoms with E-state index in [1.807, 2.05) is 24.3 Å². The summed E-state index contributed by atoms with van der Waals surface area (Å²) in [6.07, 6.45) is 5.13. The summed E-state index contributed by atoms with van der Waals surface area (Å²) in [5.74, 6) is 0.758. The second-order valence-electron chi connectivity index (χ2n) is 5.39. The Bertz CT molecular complexity index is 437. The lowest BCUT2D eigenvalue weighted by Crippen LogP contribution is -2.28. The lowest BCUT2D eigenvalue weighted by molar-refractivity contribution is -0.118. The van der Waals surface area contributed by atoms with Gasteiger partial charge in [0.05, 0.1) is 18.6 Å². The Morgan fingerprint density at radius 3 is 2.57 bits per heavy atom. The van der Waals surface area contributed by atoms with Gasteiger partial charge in [-0.1, -0.05) is 0 Å². The smallest absolute Gasteiger partial charge is 0.227 e. The van der Waals surface area contributed by atoms with E-state index in [0.29, 0.717) is 12.6 Å². The molecule has 1 aromatic carbocycles. The first-order valence-corrected chi connectivity index (χ1v) is 7.50. The fraction of sp³-hybridized carbons (Fsp3) is 0.562. The van der Waals surface area contributed by atoms with Gasteiger partial charge < -0.3 is 20.5 Å². The number of amides is 1. The van der Waals surface area contributed by atoms with Gasteiger partial charge in [-0.25, -0.2) is 0 Å². The van der Waals surface area contributed by atoms with E-state index in [0.717, 1.165) is 24.3 Å². The Balaban J connectivity index is 1.82. The number of carbonyl (C=O) groups is 1. The summed E-state index contributed by atoms with van der Waals surface area (Å²) >= 11 is 0. The fourth-order valence-corrected chi connectivity index (χ4v) is 2.50. The lowest BCUT2D eigenvalue weighted by Gasteiger charge is -2.14. The fourth-order valence-electron chi connectivity index (χ4n) is 2.50. The summed E-state index contributed by atoms with van der Waals surface area (Å²) < 4.78 is 11.0. The van der Waals surface area contributed by atoms with E-state index in [9.17, 15) is 4.79 Å². The highest BCUT2D eigenvalue weighted by molar-refractivity contribution is 5.91. The Hall–Kier alpha value is -1.59. The molecule has 5 nitrogen and oxygen atoms in total. The molecule has 1 aromatic rings. The molecule has 0 spiro atoms. The molecular formula is C16H24N2O3. The molecule has 21 heavy (non-hydrogen) atoms. The molecule has 1 saturated carbocycles. The number of hydrogen-bond donors (Lipinski definition) is 2. The number of nitrogens with one attached hydrogen (secondary N) is 1. The second-order valence-corrected chi connectivity index (χ2v) is 5.39. The van der Waals surface area contributed by atoms with Crippen molar-refractivity contribution in [3.05, 3.63) is 24.3 Å². The van der Waals surface area contributed by atoms with Crippen molar-refractivity contribution < 1.29 is 14.3 Å². The first-order chi connectivity index (χ1) is 10.2. The topological polar surface area (TPSA) is 73.6 Å². The van der Waals surface area contributed by atoms with Crippen LogP contribution in [-0.2, 0) is 9.53 Å². The van der Waals surface area contributed by atoms with Crippen molar-refractivity contribution in [2.75, 3.05) is 19.0 Å². The van der Waals surface area contributed by atoms with Crippen LogP contribution in [0.3, 0.4) is 0 Å². The Morgan fingerprint density at radius 1 is 1.33 bits per heavy atom. The predicted molar refractivity (Wildman–Crippen MR) is 82.4 cm³/mol. The van der Waals surface area contributed by atoms with Gasteiger partial charge in [0.15, 0.2) is 0 Å². The number of methoxy groups -OCH3 is 1. The zero-order valence-electron chi connectivity index (χ0n) is 12.5. The van der Waals surface area contributed by atoms with Crippen LogP contribution in [0.25, 0.3) is 0 Å². The largest absolute Gasteiger partial charge is 0.490 e. The van der Waals surface area contributed by atoms with Crippen molar-refractivity contribution in [3.8, 4) is 5.75 Å². The Kier molecular flexibility index (Phi) is 6.02. The van der Waals surface area contributed by atoms with Gasteiger partial charge in [-0.05, 0) is 49.9 Å². The van der Waals surface area contributed by atoms with Crippen LogP contribution in [0, 0.1) is 0 Å². The molecule has 1 unspecified atom stereocenters. The quantitative estimate of drug-likeness (QED) is 0.809. The van der Waals surface area contributed by atoms with Crippen LogP contribution in [0.15, 0.2) is 24.3 Å². The maximum Gasteiger partial charge on any atom is 0.227 e. The minimum Gasteiger partial charge on any atom is -0.490 e. The second kappa shape index (κ2) is 8.00. The highest BCUT2D eigenvalue weighted by atomic mass is 16.5. The molecule has 0 aromatic heterocycles. The highest BCUT2D eigenvalue weighted by Gasteiger charge is 2.16. The standard InChI is InChI=1S/C16H24N2O3/c1-20-15(11-17)10-16(19)18-12-6-8-14(9-7-12)21-13-4-2-3-5-13/h6-9,13,15H,2-5,10-11,17H2,1H3,(H,18,19). The van der Waals surface area contributed by atoms with Crippen molar-refractivity contribution in [3.63, 3.8) is 0 Å². The zero-order chi connectivity index (χ0) is 15.1. The molecule has 2 rings (SSSR count). The number of benzene rings is 1. The van der Waals surface area contributed by atoms with Crippen molar-refractivity contribution in [2.45, 2.75) is 44.3 Å². The molecule has 0 radical (unpaired) electrons. The predicted octanol–water partition coefficient (Wildman–Crippen LogP) is 2.31. The van der Waals surface area contributed by atoms with E-state index in [1.54, 1.807) is 7.11 Å². The minimum absolute atomic E-state index is 0.100. The Labute approximate surface area is 125 Å². The average Bonchev–Trinajstić information content (AvgIpc) is 3.00. The van der Waals surface area contributed by atoms with E-state index < -0.39 is 0 Å². The third-order valence-electron chi connectivity index (χ3n) is 3.75. The molecule has 116 valence electrons. The van der Waals surface area contributed by atoms with Crippen molar-refractivity contribution >= 4 is 11.6 Å². The molecule has 0 heterocycles. The van der Waals surface area contributed by atoms with Crippen LogP contribution in [0.5, 0.6) is 5.75 Å². The summed E-state index contributed by atoms with van der Waals surface area (Å²) in [5.41, 5.74) is 6.26.